The average Bonchev–Trinajstić information content (AvgIpc) is 3.10. The van der Waals surface area contributed by atoms with Gasteiger partial charge in [-0.25, -0.2) is 0 Å². The first-order valence-corrected chi connectivity index (χ1v) is 8.88. The molecule has 0 saturated carbocycles. The van der Waals surface area contributed by atoms with E-state index in [4.69, 9.17) is 4.74 Å². The SMILES string of the molecule is CNC(=O)[C@@H]1CN(C(=O)c2cc3c(OC)cccc3[nH]2)CCN1C(C)C. The van der Waals surface area contributed by atoms with Crippen molar-refractivity contribution in [3.8, 4) is 5.75 Å². The van der Waals surface area contributed by atoms with Crippen LogP contribution in [0.25, 0.3) is 10.9 Å². The second kappa shape index (κ2) is 7.37. The fraction of sp³-hybridized carbons (Fsp3) is 0.474. The lowest BCUT2D eigenvalue weighted by molar-refractivity contribution is -0.128. The lowest BCUT2D eigenvalue weighted by Gasteiger charge is -2.42. The molecule has 1 saturated heterocycles. The van der Waals surface area contributed by atoms with E-state index >= 15 is 0 Å². The van der Waals surface area contributed by atoms with Gasteiger partial charge in [0.2, 0.25) is 5.91 Å². The molecule has 0 unspecified atom stereocenters. The van der Waals surface area contributed by atoms with Crippen molar-refractivity contribution in [2.75, 3.05) is 33.8 Å². The molecule has 2 N–H and O–H groups in total. The number of nitrogens with one attached hydrogen (secondary N) is 2. The van der Waals surface area contributed by atoms with Gasteiger partial charge in [0.25, 0.3) is 5.91 Å². The smallest absolute Gasteiger partial charge is 0.270 e. The van der Waals surface area contributed by atoms with Crippen LogP contribution in [0, 0.1) is 0 Å². The summed E-state index contributed by atoms with van der Waals surface area (Å²) < 4.78 is 5.36. The summed E-state index contributed by atoms with van der Waals surface area (Å²) in [5.41, 5.74) is 1.37. The van der Waals surface area contributed by atoms with Crippen LogP contribution in [-0.4, -0.2) is 72.5 Å². The molecule has 2 heterocycles. The first-order chi connectivity index (χ1) is 12.5. The summed E-state index contributed by atoms with van der Waals surface area (Å²) in [5.74, 6) is 0.570. The second-order valence-electron chi connectivity index (χ2n) is 6.82. The van der Waals surface area contributed by atoms with Gasteiger partial charge in [0.05, 0.1) is 7.11 Å². The van der Waals surface area contributed by atoms with Gasteiger partial charge in [-0.3, -0.25) is 14.5 Å². The number of benzene rings is 1. The van der Waals surface area contributed by atoms with Crippen LogP contribution in [0.4, 0.5) is 0 Å². The maximum atomic E-state index is 13.0. The molecule has 7 nitrogen and oxygen atoms in total. The molecule has 140 valence electrons. The molecule has 1 atom stereocenters. The first-order valence-electron chi connectivity index (χ1n) is 8.88. The van der Waals surface area contributed by atoms with Gasteiger partial charge in [-0.05, 0) is 32.0 Å². The molecule has 26 heavy (non-hydrogen) atoms. The Bertz CT molecular complexity index is 814. The van der Waals surface area contributed by atoms with Gasteiger partial charge < -0.3 is 19.9 Å². The third-order valence-corrected chi connectivity index (χ3v) is 5.00. The normalized spacial score (nSPS) is 18.3. The number of methoxy groups -OCH3 is 1. The number of rotatable bonds is 4. The van der Waals surface area contributed by atoms with E-state index in [2.05, 4.69) is 29.0 Å². The van der Waals surface area contributed by atoms with Crippen molar-refractivity contribution in [1.82, 2.24) is 20.1 Å². The number of hydrogen-bond donors (Lipinski definition) is 2. The van der Waals surface area contributed by atoms with Gasteiger partial charge in [-0.15, -0.1) is 0 Å². The van der Waals surface area contributed by atoms with Crippen LogP contribution >= 0.6 is 0 Å². The summed E-state index contributed by atoms with van der Waals surface area (Å²) >= 11 is 0. The first kappa shape index (κ1) is 18.3. The molecule has 2 amide bonds. The molecule has 0 bridgehead atoms. The summed E-state index contributed by atoms with van der Waals surface area (Å²) in [5, 5.41) is 3.59. The Kier molecular flexibility index (Phi) is 5.18. The van der Waals surface area contributed by atoms with E-state index < -0.39 is 0 Å². The lowest BCUT2D eigenvalue weighted by Crippen LogP contribution is -2.61. The van der Waals surface area contributed by atoms with Gasteiger partial charge in [0.1, 0.15) is 17.5 Å². The van der Waals surface area contributed by atoms with E-state index in [1.165, 1.54) is 0 Å². The zero-order valence-electron chi connectivity index (χ0n) is 15.7. The Morgan fingerprint density at radius 1 is 1.31 bits per heavy atom. The molecule has 1 aliphatic rings. The third kappa shape index (κ3) is 3.26. The predicted molar refractivity (Wildman–Crippen MR) is 100 cm³/mol. The predicted octanol–water partition coefficient (Wildman–Crippen LogP) is 1.46. The molecule has 0 aliphatic carbocycles. The summed E-state index contributed by atoms with van der Waals surface area (Å²) in [6, 6.07) is 7.39. The Morgan fingerprint density at radius 2 is 2.08 bits per heavy atom. The molecule has 1 aliphatic heterocycles. The van der Waals surface area contributed by atoms with E-state index in [1.54, 1.807) is 19.1 Å². The van der Waals surface area contributed by atoms with E-state index in [0.717, 1.165) is 16.7 Å². The van der Waals surface area contributed by atoms with Gasteiger partial charge in [-0.2, -0.15) is 0 Å². The van der Waals surface area contributed by atoms with Crippen molar-refractivity contribution in [1.29, 1.82) is 0 Å². The van der Waals surface area contributed by atoms with Crippen molar-refractivity contribution < 1.29 is 14.3 Å². The minimum Gasteiger partial charge on any atom is -0.496 e. The van der Waals surface area contributed by atoms with Gasteiger partial charge in [0, 0.05) is 43.6 Å². The van der Waals surface area contributed by atoms with Crippen LogP contribution in [0.5, 0.6) is 5.75 Å². The number of ether oxygens (including phenoxy) is 1. The number of nitrogens with zero attached hydrogens (tertiary/aromatic N) is 2. The van der Waals surface area contributed by atoms with Crippen LogP contribution in [0.15, 0.2) is 24.3 Å². The number of H-pyrrole nitrogens is 1. The van der Waals surface area contributed by atoms with Crippen LogP contribution in [0.1, 0.15) is 24.3 Å². The van der Waals surface area contributed by atoms with E-state index in [9.17, 15) is 9.59 Å². The van der Waals surface area contributed by atoms with Gasteiger partial charge in [-0.1, -0.05) is 6.07 Å². The van der Waals surface area contributed by atoms with E-state index in [0.29, 0.717) is 25.3 Å². The topological polar surface area (TPSA) is 77.7 Å². The minimum atomic E-state index is -0.336. The number of hydrogen-bond acceptors (Lipinski definition) is 4. The van der Waals surface area contributed by atoms with E-state index in [-0.39, 0.29) is 23.9 Å². The molecule has 1 aromatic heterocycles. The molecule has 1 aromatic carbocycles. The summed E-state index contributed by atoms with van der Waals surface area (Å²) in [6.45, 7) is 5.78. The van der Waals surface area contributed by atoms with E-state index in [1.807, 2.05) is 24.3 Å². The van der Waals surface area contributed by atoms with Crippen molar-refractivity contribution in [3.05, 3.63) is 30.0 Å². The van der Waals surface area contributed by atoms with Crippen molar-refractivity contribution in [2.24, 2.45) is 0 Å². The van der Waals surface area contributed by atoms with Crippen LogP contribution in [0.2, 0.25) is 0 Å². The third-order valence-electron chi connectivity index (χ3n) is 5.00. The van der Waals surface area contributed by atoms with Gasteiger partial charge in [0.15, 0.2) is 0 Å². The Morgan fingerprint density at radius 3 is 2.73 bits per heavy atom. The number of aromatic nitrogens is 1. The number of carbonyl (C=O) groups is 2. The molecule has 2 aromatic rings. The number of amides is 2. The molecular formula is C19H26N4O3. The highest BCUT2D eigenvalue weighted by molar-refractivity contribution is 6.00. The standard InChI is InChI=1S/C19H26N4O3/c1-12(2)23-9-8-22(11-16(23)18(24)20-3)19(25)15-10-13-14(21-15)6-5-7-17(13)26-4/h5-7,10,12,16,21H,8-9,11H2,1-4H3,(H,20,24)/t16-/m0/s1. The zero-order valence-corrected chi connectivity index (χ0v) is 15.7. The van der Waals surface area contributed by atoms with Crippen LogP contribution in [0.3, 0.4) is 0 Å². The number of carbonyl (C=O) groups excluding carboxylic acids is 2. The van der Waals surface area contributed by atoms with Crippen molar-refractivity contribution in [2.45, 2.75) is 25.9 Å². The highest BCUT2D eigenvalue weighted by Gasteiger charge is 2.35. The quantitative estimate of drug-likeness (QED) is 0.867. The Hall–Kier alpha value is -2.54. The molecule has 0 spiro atoms. The second-order valence-corrected chi connectivity index (χ2v) is 6.82. The molecule has 0 radical (unpaired) electrons. The number of aromatic amines is 1. The zero-order chi connectivity index (χ0) is 18.8. The average molecular weight is 358 g/mol. The fourth-order valence-electron chi connectivity index (χ4n) is 3.59. The monoisotopic (exact) mass is 358 g/mol. The largest absolute Gasteiger partial charge is 0.496 e. The molecule has 3 rings (SSSR count). The lowest BCUT2D eigenvalue weighted by atomic mass is 10.1. The molecule has 1 fully saturated rings. The summed E-state index contributed by atoms with van der Waals surface area (Å²) in [7, 11) is 3.24. The summed E-state index contributed by atoms with van der Waals surface area (Å²) in [6.07, 6.45) is 0. The Balaban J connectivity index is 1.85. The summed E-state index contributed by atoms with van der Waals surface area (Å²) in [4.78, 5) is 32.4. The van der Waals surface area contributed by atoms with Gasteiger partial charge >= 0.3 is 0 Å². The fourth-order valence-corrected chi connectivity index (χ4v) is 3.59. The van der Waals surface area contributed by atoms with Crippen molar-refractivity contribution in [3.63, 3.8) is 0 Å². The minimum absolute atomic E-state index is 0.0606. The number of fused-ring (bicyclic) bond motifs is 1. The maximum Gasteiger partial charge on any atom is 0.270 e. The molecular weight excluding hydrogens is 332 g/mol. The van der Waals surface area contributed by atoms with Crippen LogP contribution < -0.4 is 10.1 Å². The van der Waals surface area contributed by atoms with Crippen LogP contribution in [-0.2, 0) is 4.79 Å². The maximum absolute atomic E-state index is 13.0. The Labute approximate surface area is 153 Å². The number of piperazine rings is 1. The molecule has 7 heteroatoms. The highest BCUT2D eigenvalue weighted by Crippen LogP contribution is 2.27. The number of likely N-dealkylation sites (N-methyl/N-ethyl adjacent to an activating group) is 1. The highest BCUT2D eigenvalue weighted by atomic mass is 16.5. The van der Waals surface area contributed by atoms with Crippen molar-refractivity contribution >= 4 is 22.7 Å².